The Morgan fingerprint density at radius 2 is 2.16 bits per heavy atom. The third kappa shape index (κ3) is 4.05. The van der Waals surface area contributed by atoms with E-state index in [4.69, 9.17) is 0 Å². The van der Waals surface area contributed by atoms with E-state index in [9.17, 15) is 0 Å². The van der Waals surface area contributed by atoms with Gasteiger partial charge < -0.3 is 10.2 Å². The van der Waals surface area contributed by atoms with Crippen LogP contribution in [-0.2, 0) is 6.54 Å². The summed E-state index contributed by atoms with van der Waals surface area (Å²) in [5, 5.41) is 3.73. The summed E-state index contributed by atoms with van der Waals surface area (Å²) < 4.78 is 0. The summed E-state index contributed by atoms with van der Waals surface area (Å²) in [6.07, 6.45) is 2.73. The molecule has 2 rings (SSSR count). The fraction of sp³-hybridized carbons (Fsp3) is 0.647. The van der Waals surface area contributed by atoms with Crippen molar-refractivity contribution in [1.29, 1.82) is 0 Å². The molecule has 1 saturated heterocycles. The van der Waals surface area contributed by atoms with E-state index in [-0.39, 0.29) is 0 Å². The van der Waals surface area contributed by atoms with Crippen LogP contribution in [0.5, 0.6) is 0 Å². The third-order valence-electron chi connectivity index (χ3n) is 4.57. The Morgan fingerprint density at radius 3 is 2.89 bits per heavy atom. The molecule has 0 aliphatic carbocycles. The molecule has 0 spiro atoms. The monoisotopic (exact) mass is 260 g/mol. The topological polar surface area (TPSA) is 15.3 Å². The van der Waals surface area contributed by atoms with Gasteiger partial charge in [0.25, 0.3) is 0 Å². The Kier molecular flexibility index (Phi) is 5.41. The molecule has 106 valence electrons. The second-order valence-corrected chi connectivity index (χ2v) is 5.89. The molecule has 0 radical (unpaired) electrons. The minimum atomic E-state index is 0.606. The van der Waals surface area contributed by atoms with E-state index in [2.05, 4.69) is 55.3 Å². The van der Waals surface area contributed by atoms with Gasteiger partial charge in [0, 0.05) is 19.1 Å². The van der Waals surface area contributed by atoms with Gasteiger partial charge in [-0.25, -0.2) is 0 Å². The van der Waals surface area contributed by atoms with Crippen LogP contribution in [0.15, 0.2) is 24.3 Å². The third-order valence-corrected chi connectivity index (χ3v) is 4.57. The maximum absolute atomic E-state index is 3.73. The average Bonchev–Trinajstić information content (AvgIpc) is 2.46. The van der Waals surface area contributed by atoms with Crippen LogP contribution in [0.1, 0.15) is 37.8 Å². The van der Waals surface area contributed by atoms with Crippen LogP contribution in [0.4, 0.5) is 0 Å². The summed E-state index contributed by atoms with van der Waals surface area (Å²) >= 11 is 0. The van der Waals surface area contributed by atoms with Crippen molar-refractivity contribution in [3.8, 4) is 0 Å². The highest BCUT2D eigenvalue weighted by atomic mass is 15.1. The average molecular weight is 260 g/mol. The second-order valence-electron chi connectivity index (χ2n) is 5.89. The van der Waals surface area contributed by atoms with Gasteiger partial charge in [-0.05, 0) is 56.8 Å². The maximum Gasteiger partial charge on any atom is 0.0210 e. The number of hydrogen-bond donors (Lipinski definition) is 1. The fourth-order valence-corrected chi connectivity index (χ4v) is 3.03. The van der Waals surface area contributed by atoms with Gasteiger partial charge in [-0.1, -0.05) is 31.2 Å². The molecule has 1 aliphatic rings. The first-order valence-electron chi connectivity index (χ1n) is 7.71. The highest BCUT2D eigenvalue weighted by Gasteiger charge is 2.23. The molecule has 0 amide bonds. The van der Waals surface area contributed by atoms with Gasteiger partial charge in [0.15, 0.2) is 0 Å². The first kappa shape index (κ1) is 14.5. The summed E-state index contributed by atoms with van der Waals surface area (Å²) in [4.78, 5) is 2.58. The van der Waals surface area contributed by atoms with Gasteiger partial charge in [-0.15, -0.1) is 0 Å². The van der Waals surface area contributed by atoms with Gasteiger partial charge in [-0.2, -0.15) is 0 Å². The summed E-state index contributed by atoms with van der Waals surface area (Å²) in [5.74, 6) is 0.803. The minimum absolute atomic E-state index is 0.606. The lowest BCUT2D eigenvalue weighted by molar-refractivity contribution is 0.157. The number of nitrogens with zero attached hydrogens (tertiary/aromatic N) is 1. The van der Waals surface area contributed by atoms with Gasteiger partial charge in [0.05, 0.1) is 0 Å². The van der Waals surface area contributed by atoms with Crippen molar-refractivity contribution < 1.29 is 0 Å². The lowest BCUT2D eigenvalue weighted by Crippen LogP contribution is -2.44. The molecule has 2 nitrogen and oxygen atoms in total. The second kappa shape index (κ2) is 7.06. The minimum Gasteiger partial charge on any atom is -0.310 e. The normalized spacial score (nSPS) is 22.4. The first-order chi connectivity index (χ1) is 9.20. The van der Waals surface area contributed by atoms with E-state index < -0.39 is 0 Å². The SMILES string of the molecule is CCN1CCCC(C(C)NCc2ccccc2C)C1. The zero-order valence-electron chi connectivity index (χ0n) is 12.7. The Hall–Kier alpha value is -0.860. The van der Waals surface area contributed by atoms with Crippen molar-refractivity contribution in [2.24, 2.45) is 5.92 Å². The van der Waals surface area contributed by atoms with Crippen molar-refractivity contribution in [1.82, 2.24) is 10.2 Å². The number of rotatable bonds is 5. The summed E-state index contributed by atoms with van der Waals surface area (Å²) in [5.41, 5.74) is 2.82. The number of hydrogen-bond acceptors (Lipinski definition) is 2. The molecule has 2 heteroatoms. The largest absolute Gasteiger partial charge is 0.310 e. The van der Waals surface area contributed by atoms with Crippen LogP contribution in [0.3, 0.4) is 0 Å². The molecule has 1 aliphatic heterocycles. The number of nitrogens with one attached hydrogen (secondary N) is 1. The van der Waals surface area contributed by atoms with E-state index >= 15 is 0 Å². The van der Waals surface area contributed by atoms with E-state index in [1.165, 1.54) is 43.6 Å². The lowest BCUT2D eigenvalue weighted by atomic mass is 9.91. The van der Waals surface area contributed by atoms with Crippen molar-refractivity contribution in [3.05, 3.63) is 35.4 Å². The molecular weight excluding hydrogens is 232 g/mol. The Labute approximate surface area is 118 Å². The van der Waals surface area contributed by atoms with Crippen LogP contribution in [-0.4, -0.2) is 30.6 Å². The van der Waals surface area contributed by atoms with E-state index in [0.29, 0.717) is 6.04 Å². The highest BCUT2D eigenvalue weighted by molar-refractivity contribution is 5.25. The highest BCUT2D eigenvalue weighted by Crippen LogP contribution is 2.20. The van der Waals surface area contributed by atoms with Crippen LogP contribution in [0.25, 0.3) is 0 Å². The molecule has 1 aromatic carbocycles. The number of piperidine rings is 1. The van der Waals surface area contributed by atoms with Crippen LogP contribution >= 0.6 is 0 Å². The Bertz CT molecular complexity index is 389. The van der Waals surface area contributed by atoms with Gasteiger partial charge in [0.1, 0.15) is 0 Å². The summed E-state index contributed by atoms with van der Waals surface area (Å²) in [6, 6.07) is 9.28. The molecule has 1 aromatic rings. The van der Waals surface area contributed by atoms with E-state index in [1.807, 2.05) is 0 Å². The quantitative estimate of drug-likeness (QED) is 0.874. The number of aryl methyl sites for hydroxylation is 1. The lowest BCUT2D eigenvalue weighted by Gasteiger charge is -2.35. The van der Waals surface area contributed by atoms with Crippen LogP contribution < -0.4 is 5.32 Å². The van der Waals surface area contributed by atoms with Gasteiger partial charge >= 0.3 is 0 Å². The van der Waals surface area contributed by atoms with Gasteiger partial charge in [0.2, 0.25) is 0 Å². The molecular formula is C17H28N2. The predicted octanol–water partition coefficient (Wildman–Crippen LogP) is 3.21. The molecule has 1 N–H and O–H groups in total. The van der Waals surface area contributed by atoms with Crippen LogP contribution in [0.2, 0.25) is 0 Å². The van der Waals surface area contributed by atoms with Crippen molar-refractivity contribution in [2.75, 3.05) is 19.6 Å². The molecule has 0 bridgehead atoms. The molecule has 1 fully saturated rings. The standard InChI is InChI=1S/C17H28N2/c1-4-19-11-7-10-17(13-19)15(3)18-12-16-9-6-5-8-14(16)2/h5-6,8-9,15,17-18H,4,7,10-13H2,1-3H3. The summed E-state index contributed by atoms with van der Waals surface area (Å²) in [6.45, 7) is 11.6. The maximum atomic E-state index is 3.73. The molecule has 19 heavy (non-hydrogen) atoms. The smallest absolute Gasteiger partial charge is 0.0210 e. The fourth-order valence-electron chi connectivity index (χ4n) is 3.03. The Morgan fingerprint density at radius 1 is 1.37 bits per heavy atom. The number of likely N-dealkylation sites (tertiary alicyclic amines) is 1. The van der Waals surface area contributed by atoms with Gasteiger partial charge in [-0.3, -0.25) is 0 Å². The number of benzene rings is 1. The zero-order chi connectivity index (χ0) is 13.7. The molecule has 0 saturated carbocycles. The molecule has 2 unspecified atom stereocenters. The zero-order valence-corrected chi connectivity index (χ0v) is 12.7. The predicted molar refractivity (Wildman–Crippen MR) is 82.3 cm³/mol. The van der Waals surface area contributed by atoms with E-state index in [1.54, 1.807) is 0 Å². The van der Waals surface area contributed by atoms with Crippen molar-refractivity contribution in [2.45, 2.75) is 46.2 Å². The van der Waals surface area contributed by atoms with E-state index in [0.717, 1.165) is 12.5 Å². The molecule has 0 aromatic heterocycles. The molecule has 2 atom stereocenters. The molecule has 1 heterocycles. The Balaban J connectivity index is 1.84. The van der Waals surface area contributed by atoms with Crippen molar-refractivity contribution >= 4 is 0 Å². The van der Waals surface area contributed by atoms with Crippen LogP contribution in [0, 0.1) is 12.8 Å². The first-order valence-corrected chi connectivity index (χ1v) is 7.71. The van der Waals surface area contributed by atoms with Crippen molar-refractivity contribution in [3.63, 3.8) is 0 Å². The summed E-state index contributed by atoms with van der Waals surface area (Å²) in [7, 11) is 0.